The van der Waals surface area contributed by atoms with E-state index in [-0.39, 0.29) is 38.6 Å². The molecule has 0 saturated carbocycles. The van der Waals surface area contributed by atoms with E-state index in [1.807, 2.05) is 17.9 Å². The van der Waals surface area contributed by atoms with Crippen molar-refractivity contribution in [1.82, 2.24) is 14.7 Å². The molecule has 0 unspecified atom stereocenters. The van der Waals surface area contributed by atoms with Crippen molar-refractivity contribution in [3.63, 3.8) is 0 Å². The molecule has 1 aromatic carbocycles. The molecule has 0 spiro atoms. The number of anilines is 1. The minimum atomic E-state index is -1.82. The Labute approximate surface area is 202 Å². The Kier molecular flexibility index (Phi) is 12.9. The van der Waals surface area contributed by atoms with Gasteiger partial charge in [-0.25, -0.2) is 0 Å². The van der Waals surface area contributed by atoms with Gasteiger partial charge in [0.2, 0.25) is 5.91 Å². The van der Waals surface area contributed by atoms with Gasteiger partial charge in [0.15, 0.2) is 5.92 Å². The predicted molar refractivity (Wildman–Crippen MR) is 124 cm³/mol. The molecule has 0 bridgehead atoms. The zero-order valence-corrected chi connectivity index (χ0v) is 19.5. The average molecular weight is 497 g/mol. The standard InChI is InChI=1S/C22H32N4O9/c1-2-24(13-18(27)23-16-6-4-3-5-7-16)8-9-25(14-19(28)29)10-11-26(15-20(30)31)12-17(21(32)33)22(34)35/h3-7,17H,2,8-15H2,1H3,(H,23,27)(H,28,29)(H,30,31)(H,32,33)(H,34,35). The number of aliphatic carboxylic acids is 4. The second kappa shape index (κ2) is 15.4. The molecule has 13 nitrogen and oxygen atoms in total. The van der Waals surface area contributed by atoms with Gasteiger partial charge in [0, 0.05) is 38.4 Å². The molecule has 0 aromatic heterocycles. The van der Waals surface area contributed by atoms with Gasteiger partial charge in [-0.15, -0.1) is 0 Å². The summed E-state index contributed by atoms with van der Waals surface area (Å²) in [6.07, 6.45) is 0. The number of carboxylic acids is 4. The minimum Gasteiger partial charge on any atom is -0.481 e. The number of hydrogen-bond donors (Lipinski definition) is 5. The maximum atomic E-state index is 12.3. The van der Waals surface area contributed by atoms with Crippen molar-refractivity contribution in [1.29, 1.82) is 0 Å². The van der Waals surface area contributed by atoms with Gasteiger partial charge < -0.3 is 25.7 Å². The Bertz CT molecular complexity index is 852. The van der Waals surface area contributed by atoms with Crippen molar-refractivity contribution in [3.05, 3.63) is 30.3 Å². The van der Waals surface area contributed by atoms with E-state index >= 15 is 0 Å². The number of hydrogen-bond acceptors (Lipinski definition) is 8. The fourth-order valence-corrected chi connectivity index (χ4v) is 3.25. The van der Waals surface area contributed by atoms with E-state index in [4.69, 9.17) is 15.3 Å². The topological polar surface area (TPSA) is 188 Å². The van der Waals surface area contributed by atoms with Gasteiger partial charge in [-0.3, -0.25) is 38.7 Å². The number of nitrogens with one attached hydrogen (secondary N) is 1. The fraction of sp³-hybridized carbons (Fsp3) is 0.500. The second-order valence-electron chi connectivity index (χ2n) is 7.81. The Morgan fingerprint density at radius 3 is 1.71 bits per heavy atom. The fourth-order valence-electron chi connectivity index (χ4n) is 3.25. The van der Waals surface area contributed by atoms with Crippen molar-refractivity contribution >= 4 is 35.5 Å². The Balaban J connectivity index is 2.72. The van der Waals surface area contributed by atoms with Crippen LogP contribution in [0.3, 0.4) is 0 Å². The van der Waals surface area contributed by atoms with E-state index in [1.165, 1.54) is 4.90 Å². The third-order valence-corrected chi connectivity index (χ3v) is 5.09. The summed E-state index contributed by atoms with van der Waals surface area (Å²) in [5.41, 5.74) is 0.653. The first-order valence-electron chi connectivity index (χ1n) is 10.9. The van der Waals surface area contributed by atoms with Crippen LogP contribution in [0.15, 0.2) is 30.3 Å². The number of carboxylic acid groups (broad SMARTS) is 4. The van der Waals surface area contributed by atoms with Crippen molar-refractivity contribution in [2.75, 3.05) is 64.2 Å². The number of likely N-dealkylation sites (N-methyl/N-ethyl adjacent to an activating group) is 1. The number of nitrogens with zero attached hydrogens (tertiary/aromatic N) is 3. The number of amides is 1. The van der Waals surface area contributed by atoms with Crippen LogP contribution in [-0.4, -0.2) is 124 Å². The molecule has 1 rings (SSSR count). The van der Waals surface area contributed by atoms with Crippen molar-refractivity contribution in [2.45, 2.75) is 6.92 Å². The third kappa shape index (κ3) is 12.5. The highest BCUT2D eigenvalue weighted by Crippen LogP contribution is 2.06. The molecular formula is C22H32N4O9. The lowest BCUT2D eigenvalue weighted by atomic mass is 10.1. The maximum Gasteiger partial charge on any atom is 0.319 e. The third-order valence-electron chi connectivity index (χ3n) is 5.09. The van der Waals surface area contributed by atoms with E-state index in [0.29, 0.717) is 18.8 Å². The summed E-state index contributed by atoms with van der Waals surface area (Å²) in [7, 11) is 0. The van der Waals surface area contributed by atoms with Crippen LogP contribution >= 0.6 is 0 Å². The highest BCUT2D eigenvalue weighted by Gasteiger charge is 2.29. The molecule has 35 heavy (non-hydrogen) atoms. The zero-order valence-electron chi connectivity index (χ0n) is 19.5. The normalized spacial score (nSPS) is 11.2. The summed E-state index contributed by atoms with van der Waals surface area (Å²) in [6, 6.07) is 8.92. The first-order chi connectivity index (χ1) is 16.5. The van der Waals surface area contributed by atoms with Gasteiger partial charge in [-0.05, 0) is 18.7 Å². The van der Waals surface area contributed by atoms with E-state index in [2.05, 4.69) is 5.32 Å². The summed E-state index contributed by atoms with van der Waals surface area (Å²) in [4.78, 5) is 61.6. The van der Waals surface area contributed by atoms with Gasteiger partial charge in [0.25, 0.3) is 0 Å². The molecule has 0 atom stereocenters. The molecule has 0 aliphatic carbocycles. The van der Waals surface area contributed by atoms with Gasteiger partial charge in [0.1, 0.15) is 0 Å². The SMILES string of the molecule is CCN(CCN(CCN(CC(=O)O)CC(C(=O)O)C(=O)O)CC(=O)O)CC(=O)Nc1ccccc1. The largest absolute Gasteiger partial charge is 0.481 e. The summed E-state index contributed by atoms with van der Waals surface area (Å²) in [5, 5.41) is 39.3. The molecule has 13 heteroatoms. The molecule has 0 aliphatic heterocycles. The zero-order chi connectivity index (χ0) is 26.4. The van der Waals surface area contributed by atoms with Crippen LogP contribution in [0.4, 0.5) is 5.69 Å². The molecule has 0 saturated heterocycles. The molecule has 0 radical (unpaired) electrons. The lowest BCUT2D eigenvalue weighted by Crippen LogP contribution is -2.46. The highest BCUT2D eigenvalue weighted by molar-refractivity contribution is 5.93. The molecule has 0 heterocycles. The van der Waals surface area contributed by atoms with E-state index in [1.54, 1.807) is 24.3 Å². The van der Waals surface area contributed by atoms with Crippen LogP contribution in [0.1, 0.15) is 6.92 Å². The van der Waals surface area contributed by atoms with Crippen LogP contribution in [0, 0.1) is 5.92 Å². The van der Waals surface area contributed by atoms with Crippen molar-refractivity contribution < 1.29 is 44.4 Å². The lowest BCUT2D eigenvalue weighted by Gasteiger charge is -2.28. The first kappa shape index (κ1) is 29.5. The quantitative estimate of drug-likeness (QED) is 0.164. The number of para-hydroxylation sites is 1. The van der Waals surface area contributed by atoms with Crippen LogP contribution in [0.2, 0.25) is 0 Å². The molecule has 1 aromatic rings. The molecule has 5 N–H and O–H groups in total. The highest BCUT2D eigenvalue weighted by atomic mass is 16.4. The number of rotatable bonds is 18. The van der Waals surface area contributed by atoms with Crippen molar-refractivity contribution in [2.24, 2.45) is 5.92 Å². The van der Waals surface area contributed by atoms with E-state index < -0.39 is 42.9 Å². The lowest BCUT2D eigenvalue weighted by molar-refractivity contribution is -0.156. The van der Waals surface area contributed by atoms with Crippen LogP contribution in [0.25, 0.3) is 0 Å². The summed E-state index contributed by atoms with van der Waals surface area (Å²) in [5.74, 6) is -7.63. The average Bonchev–Trinajstić information content (AvgIpc) is 2.77. The minimum absolute atomic E-state index is 0.0549. The van der Waals surface area contributed by atoms with E-state index in [9.17, 15) is 29.1 Å². The Hall–Kier alpha value is -3.55. The molecule has 0 aliphatic rings. The Morgan fingerprint density at radius 1 is 0.743 bits per heavy atom. The van der Waals surface area contributed by atoms with Gasteiger partial charge in [0.05, 0.1) is 19.6 Å². The first-order valence-corrected chi connectivity index (χ1v) is 10.9. The number of benzene rings is 1. The van der Waals surface area contributed by atoms with Crippen LogP contribution < -0.4 is 5.32 Å². The number of carbonyl (C=O) groups is 5. The monoisotopic (exact) mass is 496 g/mol. The van der Waals surface area contributed by atoms with Gasteiger partial charge in [-0.2, -0.15) is 0 Å². The van der Waals surface area contributed by atoms with Crippen LogP contribution in [0.5, 0.6) is 0 Å². The summed E-state index contributed by atoms with van der Waals surface area (Å²) in [6.45, 7) is 1.52. The van der Waals surface area contributed by atoms with E-state index in [0.717, 1.165) is 4.90 Å². The Morgan fingerprint density at radius 2 is 1.23 bits per heavy atom. The van der Waals surface area contributed by atoms with Gasteiger partial charge >= 0.3 is 23.9 Å². The molecule has 0 fully saturated rings. The molecule has 194 valence electrons. The predicted octanol–water partition coefficient (Wildman–Crippen LogP) is -0.494. The summed E-state index contributed by atoms with van der Waals surface area (Å²) >= 11 is 0. The molecule has 1 amide bonds. The second-order valence-corrected chi connectivity index (χ2v) is 7.81. The maximum absolute atomic E-state index is 12.3. The number of carbonyl (C=O) groups excluding carboxylic acids is 1. The van der Waals surface area contributed by atoms with Crippen molar-refractivity contribution in [3.8, 4) is 0 Å². The smallest absolute Gasteiger partial charge is 0.319 e. The summed E-state index contributed by atoms with van der Waals surface area (Å²) < 4.78 is 0. The molecular weight excluding hydrogens is 464 g/mol. The van der Waals surface area contributed by atoms with Gasteiger partial charge in [-0.1, -0.05) is 25.1 Å². The van der Waals surface area contributed by atoms with Crippen LogP contribution in [-0.2, 0) is 24.0 Å².